The first-order valence-electron chi connectivity index (χ1n) is 9.02. The molecule has 0 radical (unpaired) electrons. The smallest absolute Gasteiger partial charge is 0.246 e. The van der Waals surface area contributed by atoms with Crippen LogP contribution in [-0.4, -0.2) is 44.1 Å². The minimum absolute atomic E-state index is 0.0198. The summed E-state index contributed by atoms with van der Waals surface area (Å²) in [5.74, 6) is 1.23. The molecule has 0 spiro atoms. The quantitative estimate of drug-likeness (QED) is 0.614. The van der Waals surface area contributed by atoms with E-state index in [0.29, 0.717) is 25.5 Å². The van der Waals surface area contributed by atoms with Crippen LogP contribution in [0.15, 0.2) is 54.6 Å². The van der Waals surface area contributed by atoms with Crippen molar-refractivity contribution >= 4 is 5.91 Å². The van der Waals surface area contributed by atoms with Crippen LogP contribution in [0.4, 0.5) is 0 Å². The van der Waals surface area contributed by atoms with E-state index < -0.39 is 0 Å². The van der Waals surface area contributed by atoms with Crippen LogP contribution in [0.1, 0.15) is 19.4 Å². The molecule has 0 unspecified atom stereocenters. The van der Waals surface area contributed by atoms with Crippen LogP contribution < -0.4 is 4.74 Å². The lowest BCUT2D eigenvalue weighted by molar-refractivity contribution is -0.131. The molecule has 0 aliphatic rings. The first kappa shape index (κ1) is 18.6. The van der Waals surface area contributed by atoms with Crippen molar-refractivity contribution in [2.45, 2.75) is 27.0 Å². The lowest BCUT2D eigenvalue weighted by Gasteiger charge is -2.17. The number of benzene rings is 2. The molecule has 27 heavy (non-hydrogen) atoms. The number of carbonyl (C=O) groups excluding carboxylic acids is 1. The third-order valence-electron chi connectivity index (χ3n) is 4.21. The van der Waals surface area contributed by atoms with E-state index in [4.69, 9.17) is 4.74 Å². The normalized spacial score (nSPS) is 10.6. The van der Waals surface area contributed by atoms with Crippen molar-refractivity contribution in [1.82, 2.24) is 25.1 Å². The Kier molecular flexibility index (Phi) is 6.14. The van der Waals surface area contributed by atoms with Gasteiger partial charge in [0.25, 0.3) is 0 Å². The number of carbonyl (C=O) groups is 1. The van der Waals surface area contributed by atoms with Crippen molar-refractivity contribution in [1.29, 1.82) is 0 Å². The Labute approximate surface area is 158 Å². The largest absolute Gasteiger partial charge is 0.489 e. The lowest BCUT2D eigenvalue weighted by Crippen LogP contribution is -2.34. The Hall–Kier alpha value is -3.22. The highest BCUT2D eigenvalue weighted by molar-refractivity contribution is 5.75. The zero-order valence-electron chi connectivity index (χ0n) is 15.6. The highest BCUT2D eigenvalue weighted by Gasteiger charge is 2.13. The summed E-state index contributed by atoms with van der Waals surface area (Å²) in [5.41, 5.74) is 1.94. The van der Waals surface area contributed by atoms with Crippen molar-refractivity contribution < 1.29 is 9.53 Å². The number of amides is 1. The Morgan fingerprint density at radius 3 is 2.41 bits per heavy atom. The maximum atomic E-state index is 12.1. The number of hydrogen-bond acceptors (Lipinski definition) is 5. The first-order valence-corrected chi connectivity index (χ1v) is 9.02. The monoisotopic (exact) mass is 365 g/mol. The topological polar surface area (TPSA) is 73.1 Å². The molecule has 1 amide bonds. The average Bonchev–Trinajstić information content (AvgIpc) is 3.17. The lowest BCUT2D eigenvalue weighted by atomic mass is 10.2. The molecule has 3 rings (SSSR count). The first-order chi connectivity index (χ1) is 13.2. The Morgan fingerprint density at radius 2 is 1.74 bits per heavy atom. The van der Waals surface area contributed by atoms with Crippen molar-refractivity contribution in [3.63, 3.8) is 0 Å². The number of nitrogens with zero attached hydrogens (tertiary/aromatic N) is 5. The zero-order chi connectivity index (χ0) is 19.1. The fourth-order valence-corrected chi connectivity index (χ4v) is 2.66. The maximum absolute atomic E-state index is 12.1. The van der Waals surface area contributed by atoms with Gasteiger partial charge in [0.1, 0.15) is 18.9 Å². The predicted octanol–water partition coefficient (Wildman–Crippen LogP) is 2.79. The van der Waals surface area contributed by atoms with Crippen LogP contribution in [0.3, 0.4) is 0 Å². The molecule has 7 heteroatoms. The summed E-state index contributed by atoms with van der Waals surface area (Å²) in [6, 6.07) is 17.5. The summed E-state index contributed by atoms with van der Waals surface area (Å²) < 4.78 is 5.78. The summed E-state index contributed by atoms with van der Waals surface area (Å²) in [5, 5.41) is 12.3. The molecule has 0 aliphatic carbocycles. The van der Waals surface area contributed by atoms with E-state index in [1.807, 2.05) is 68.4 Å². The van der Waals surface area contributed by atoms with E-state index in [-0.39, 0.29) is 12.5 Å². The van der Waals surface area contributed by atoms with E-state index >= 15 is 0 Å². The standard InChI is InChI=1S/C20H23N5O2/c1-3-24(4-2)19(26)14-25-22-20(21-23-25)17-10-12-18(13-11-17)27-15-16-8-6-5-7-9-16/h5-13H,3-4,14-15H2,1-2H3. The number of aromatic nitrogens is 4. The second kappa shape index (κ2) is 8.93. The Morgan fingerprint density at radius 1 is 1.04 bits per heavy atom. The Balaban J connectivity index is 1.60. The van der Waals surface area contributed by atoms with Gasteiger partial charge in [0.2, 0.25) is 11.7 Å². The molecule has 0 bridgehead atoms. The van der Waals surface area contributed by atoms with Gasteiger partial charge in [0.05, 0.1) is 0 Å². The van der Waals surface area contributed by atoms with Gasteiger partial charge in [0.15, 0.2) is 0 Å². The molecule has 0 atom stereocenters. The van der Waals surface area contributed by atoms with Crippen LogP contribution in [-0.2, 0) is 17.9 Å². The van der Waals surface area contributed by atoms with Gasteiger partial charge in [-0.2, -0.15) is 4.80 Å². The second-order valence-corrected chi connectivity index (χ2v) is 6.01. The van der Waals surface area contributed by atoms with Crippen LogP contribution >= 0.6 is 0 Å². The third-order valence-corrected chi connectivity index (χ3v) is 4.21. The maximum Gasteiger partial charge on any atom is 0.246 e. The molecule has 7 nitrogen and oxygen atoms in total. The molecule has 2 aromatic carbocycles. The number of rotatable bonds is 8. The molecule has 0 fully saturated rings. The molecular weight excluding hydrogens is 342 g/mol. The molecule has 1 aromatic heterocycles. The van der Waals surface area contributed by atoms with Crippen LogP contribution in [0.2, 0.25) is 0 Å². The summed E-state index contributed by atoms with van der Waals surface area (Å²) in [7, 11) is 0. The second-order valence-electron chi connectivity index (χ2n) is 6.01. The highest BCUT2D eigenvalue weighted by Crippen LogP contribution is 2.19. The van der Waals surface area contributed by atoms with Crippen LogP contribution in [0.5, 0.6) is 5.75 Å². The van der Waals surface area contributed by atoms with Crippen molar-refractivity contribution in [3.8, 4) is 17.1 Å². The van der Waals surface area contributed by atoms with Gasteiger partial charge in [-0.05, 0) is 48.9 Å². The van der Waals surface area contributed by atoms with Gasteiger partial charge < -0.3 is 9.64 Å². The van der Waals surface area contributed by atoms with Crippen LogP contribution in [0.25, 0.3) is 11.4 Å². The van der Waals surface area contributed by atoms with E-state index in [2.05, 4.69) is 15.4 Å². The van der Waals surface area contributed by atoms with E-state index in [0.717, 1.165) is 16.9 Å². The van der Waals surface area contributed by atoms with E-state index in [1.165, 1.54) is 4.80 Å². The molecule has 3 aromatic rings. The number of hydrogen-bond donors (Lipinski definition) is 0. The van der Waals surface area contributed by atoms with Gasteiger partial charge in [-0.15, -0.1) is 10.2 Å². The minimum atomic E-state index is -0.0198. The number of likely N-dealkylation sites (N-methyl/N-ethyl adjacent to an activating group) is 1. The van der Waals surface area contributed by atoms with Crippen LogP contribution in [0, 0.1) is 0 Å². The Bertz CT molecular complexity index is 858. The molecule has 0 N–H and O–H groups in total. The zero-order valence-corrected chi connectivity index (χ0v) is 15.6. The van der Waals surface area contributed by atoms with Crippen molar-refractivity contribution in [2.24, 2.45) is 0 Å². The van der Waals surface area contributed by atoms with Gasteiger partial charge in [0, 0.05) is 18.7 Å². The highest BCUT2D eigenvalue weighted by atomic mass is 16.5. The number of ether oxygens (including phenoxy) is 1. The number of tetrazole rings is 1. The fraction of sp³-hybridized carbons (Fsp3) is 0.300. The van der Waals surface area contributed by atoms with E-state index in [9.17, 15) is 4.79 Å². The third kappa shape index (κ3) is 4.91. The predicted molar refractivity (Wildman–Crippen MR) is 102 cm³/mol. The summed E-state index contributed by atoms with van der Waals surface area (Å²) in [4.78, 5) is 15.2. The summed E-state index contributed by atoms with van der Waals surface area (Å²) in [6.45, 7) is 5.84. The fourth-order valence-electron chi connectivity index (χ4n) is 2.66. The molecule has 0 saturated heterocycles. The summed E-state index contributed by atoms with van der Waals surface area (Å²) in [6.07, 6.45) is 0. The van der Waals surface area contributed by atoms with Gasteiger partial charge in [-0.3, -0.25) is 4.79 Å². The van der Waals surface area contributed by atoms with Crippen molar-refractivity contribution in [3.05, 3.63) is 60.2 Å². The SMILES string of the molecule is CCN(CC)C(=O)Cn1nnc(-c2ccc(OCc3ccccc3)cc2)n1. The molecular formula is C20H23N5O2. The van der Waals surface area contributed by atoms with Gasteiger partial charge >= 0.3 is 0 Å². The average molecular weight is 365 g/mol. The molecule has 0 saturated carbocycles. The molecule has 1 heterocycles. The molecule has 0 aliphatic heterocycles. The summed E-state index contributed by atoms with van der Waals surface area (Å²) >= 11 is 0. The minimum Gasteiger partial charge on any atom is -0.489 e. The van der Waals surface area contributed by atoms with Gasteiger partial charge in [-0.25, -0.2) is 0 Å². The molecule has 140 valence electrons. The van der Waals surface area contributed by atoms with E-state index in [1.54, 1.807) is 4.90 Å². The van der Waals surface area contributed by atoms with Crippen molar-refractivity contribution in [2.75, 3.05) is 13.1 Å². The van der Waals surface area contributed by atoms with Gasteiger partial charge in [-0.1, -0.05) is 30.3 Å².